The first-order valence-electron chi connectivity index (χ1n) is 8.10. The standard InChI is InChI=1S/C16H25F3N4OS.HI/c1-3-20-15(21-8-4-5-9-25-2)23-11-13-6-7-14(22-10-13)24-12-16(17,18)19;/h6-7,10H,3-5,8-9,11-12H2,1-2H3,(H2,20,21,23);1H. The lowest BCUT2D eigenvalue weighted by atomic mass is 10.3. The summed E-state index contributed by atoms with van der Waals surface area (Å²) < 4.78 is 40.8. The van der Waals surface area contributed by atoms with Crippen molar-refractivity contribution in [2.24, 2.45) is 4.99 Å². The van der Waals surface area contributed by atoms with Crippen LogP contribution in [0.25, 0.3) is 0 Å². The first-order chi connectivity index (χ1) is 11.9. The lowest BCUT2D eigenvalue weighted by molar-refractivity contribution is -0.154. The number of thioether (sulfide) groups is 1. The van der Waals surface area contributed by atoms with Crippen LogP contribution in [0.1, 0.15) is 25.3 Å². The fourth-order valence-corrected chi connectivity index (χ4v) is 2.33. The number of unbranched alkanes of at least 4 members (excludes halogenated alkanes) is 1. The monoisotopic (exact) mass is 506 g/mol. The molecule has 0 saturated heterocycles. The molecule has 1 heterocycles. The lowest BCUT2D eigenvalue weighted by Crippen LogP contribution is -2.37. The molecule has 0 aliphatic carbocycles. The van der Waals surface area contributed by atoms with E-state index in [2.05, 4.69) is 31.6 Å². The highest BCUT2D eigenvalue weighted by atomic mass is 127. The van der Waals surface area contributed by atoms with E-state index in [-0.39, 0.29) is 29.9 Å². The van der Waals surface area contributed by atoms with Gasteiger partial charge in [0.05, 0.1) is 6.54 Å². The van der Waals surface area contributed by atoms with E-state index in [0.29, 0.717) is 12.5 Å². The van der Waals surface area contributed by atoms with Crippen LogP contribution < -0.4 is 15.4 Å². The number of rotatable bonds is 10. The Bertz CT molecular complexity index is 515. The van der Waals surface area contributed by atoms with E-state index in [1.807, 2.05) is 18.7 Å². The van der Waals surface area contributed by atoms with Crippen molar-refractivity contribution in [3.8, 4) is 5.88 Å². The van der Waals surface area contributed by atoms with Crippen molar-refractivity contribution in [3.05, 3.63) is 23.9 Å². The van der Waals surface area contributed by atoms with E-state index in [4.69, 9.17) is 0 Å². The van der Waals surface area contributed by atoms with Crippen molar-refractivity contribution in [3.63, 3.8) is 0 Å². The summed E-state index contributed by atoms with van der Waals surface area (Å²) in [6, 6.07) is 3.07. The summed E-state index contributed by atoms with van der Waals surface area (Å²) in [4.78, 5) is 8.31. The molecule has 150 valence electrons. The molecule has 0 bridgehead atoms. The van der Waals surface area contributed by atoms with Crippen LogP contribution in [0.5, 0.6) is 5.88 Å². The second-order valence-electron chi connectivity index (χ2n) is 5.23. The lowest BCUT2D eigenvalue weighted by Gasteiger charge is -2.11. The molecule has 0 unspecified atom stereocenters. The van der Waals surface area contributed by atoms with Gasteiger partial charge < -0.3 is 15.4 Å². The molecule has 1 aromatic heterocycles. The van der Waals surface area contributed by atoms with Crippen LogP contribution in [-0.2, 0) is 6.54 Å². The third-order valence-corrected chi connectivity index (χ3v) is 3.71. The number of pyridine rings is 1. The van der Waals surface area contributed by atoms with Crippen LogP contribution in [0.15, 0.2) is 23.3 Å². The molecule has 0 saturated carbocycles. The molecule has 0 fully saturated rings. The fourth-order valence-electron chi connectivity index (χ4n) is 1.84. The van der Waals surface area contributed by atoms with Gasteiger partial charge in [0.25, 0.3) is 0 Å². The number of hydrogen-bond donors (Lipinski definition) is 2. The number of nitrogens with zero attached hydrogens (tertiary/aromatic N) is 2. The van der Waals surface area contributed by atoms with Gasteiger partial charge in [0.15, 0.2) is 12.6 Å². The number of nitrogens with one attached hydrogen (secondary N) is 2. The van der Waals surface area contributed by atoms with Gasteiger partial charge in [0, 0.05) is 25.4 Å². The van der Waals surface area contributed by atoms with Gasteiger partial charge >= 0.3 is 6.18 Å². The number of ether oxygens (including phenoxy) is 1. The summed E-state index contributed by atoms with van der Waals surface area (Å²) in [6.45, 7) is 2.61. The van der Waals surface area contributed by atoms with Crippen LogP contribution in [0, 0.1) is 0 Å². The van der Waals surface area contributed by atoms with Crippen molar-refractivity contribution >= 4 is 41.7 Å². The molecular weight excluding hydrogens is 480 g/mol. The number of hydrogen-bond acceptors (Lipinski definition) is 4. The quantitative estimate of drug-likeness (QED) is 0.219. The largest absolute Gasteiger partial charge is 0.468 e. The molecule has 1 aromatic rings. The minimum atomic E-state index is -4.37. The maximum absolute atomic E-state index is 12.1. The van der Waals surface area contributed by atoms with Crippen molar-refractivity contribution in [2.45, 2.75) is 32.5 Å². The predicted octanol–water partition coefficient (Wildman–Crippen LogP) is 3.84. The SMILES string of the molecule is CCNC(=NCc1ccc(OCC(F)(F)F)nc1)NCCCCSC.I. The van der Waals surface area contributed by atoms with Crippen LogP contribution in [0.4, 0.5) is 13.2 Å². The first-order valence-corrected chi connectivity index (χ1v) is 9.49. The Hall–Kier alpha value is -0.910. The molecule has 0 aromatic carbocycles. The maximum Gasteiger partial charge on any atom is 0.422 e. The van der Waals surface area contributed by atoms with E-state index < -0.39 is 12.8 Å². The van der Waals surface area contributed by atoms with Crippen LogP contribution >= 0.6 is 35.7 Å². The highest BCUT2D eigenvalue weighted by Crippen LogP contribution is 2.17. The molecule has 1 rings (SSSR count). The molecule has 10 heteroatoms. The molecule has 0 spiro atoms. The highest BCUT2D eigenvalue weighted by molar-refractivity contribution is 14.0. The Labute approximate surface area is 174 Å². The van der Waals surface area contributed by atoms with E-state index in [1.165, 1.54) is 12.3 Å². The zero-order chi connectivity index (χ0) is 18.5. The van der Waals surface area contributed by atoms with Crippen LogP contribution in [0.2, 0.25) is 0 Å². The number of aromatic nitrogens is 1. The Morgan fingerprint density at radius 1 is 1.27 bits per heavy atom. The van der Waals surface area contributed by atoms with Crippen molar-refractivity contribution in [1.29, 1.82) is 0 Å². The third kappa shape index (κ3) is 12.4. The third-order valence-electron chi connectivity index (χ3n) is 3.01. The molecule has 0 aliphatic rings. The summed E-state index contributed by atoms with van der Waals surface area (Å²) in [5.74, 6) is 1.80. The van der Waals surface area contributed by atoms with Gasteiger partial charge in [-0.05, 0) is 37.3 Å². The number of guanidine groups is 1. The van der Waals surface area contributed by atoms with Crippen LogP contribution in [-0.4, -0.2) is 48.8 Å². The Kier molecular flexibility index (Phi) is 13.7. The molecule has 0 radical (unpaired) electrons. The summed E-state index contributed by atoms with van der Waals surface area (Å²) >= 11 is 1.83. The van der Waals surface area contributed by atoms with Gasteiger partial charge in [0.1, 0.15) is 0 Å². The second-order valence-corrected chi connectivity index (χ2v) is 6.22. The summed E-state index contributed by atoms with van der Waals surface area (Å²) in [5, 5.41) is 6.41. The average Bonchev–Trinajstić information content (AvgIpc) is 2.58. The minimum absolute atomic E-state index is 0. The molecule has 2 N–H and O–H groups in total. The van der Waals surface area contributed by atoms with E-state index in [9.17, 15) is 13.2 Å². The maximum atomic E-state index is 12.1. The fraction of sp³-hybridized carbons (Fsp3) is 0.625. The predicted molar refractivity (Wildman–Crippen MR) is 112 cm³/mol. The van der Waals surface area contributed by atoms with Crippen molar-refractivity contribution in [1.82, 2.24) is 15.6 Å². The molecule has 0 aliphatic heterocycles. The number of aliphatic imine (C=N–C) groups is 1. The van der Waals surface area contributed by atoms with Gasteiger partial charge in [-0.1, -0.05) is 6.07 Å². The molecule has 0 atom stereocenters. The Morgan fingerprint density at radius 3 is 2.62 bits per heavy atom. The summed E-state index contributed by atoms with van der Waals surface area (Å²) in [6.07, 6.45) is 1.41. The molecular formula is C16H26F3IN4OS. The molecule has 0 amide bonds. The number of halogens is 4. The number of alkyl halides is 3. The van der Waals surface area contributed by atoms with E-state index in [0.717, 1.165) is 37.2 Å². The van der Waals surface area contributed by atoms with Crippen molar-refractivity contribution in [2.75, 3.05) is 31.7 Å². The normalized spacial score (nSPS) is 11.7. The zero-order valence-corrected chi connectivity index (χ0v) is 18.1. The van der Waals surface area contributed by atoms with Gasteiger partial charge in [-0.15, -0.1) is 24.0 Å². The summed E-state index contributed by atoms with van der Waals surface area (Å²) in [5.41, 5.74) is 0.791. The molecule has 26 heavy (non-hydrogen) atoms. The minimum Gasteiger partial charge on any atom is -0.468 e. The molecule has 5 nitrogen and oxygen atoms in total. The Morgan fingerprint density at radius 2 is 2.04 bits per heavy atom. The smallest absolute Gasteiger partial charge is 0.422 e. The first kappa shape index (κ1) is 25.1. The second kappa shape index (κ2) is 14.2. The summed E-state index contributed by atoms with van der Waals surface area (Å²) in [7, 11) is 0. The van der Waals surface area contributed by atoms with E-state index >= 15 is 0 Å². The van der Waals surface area contributed by atoms with E-state index in [1.54, 1.807) is 6.07 Å². The topological polar surface area (TPSA) is 58.5 Å². The Balaban J connectivity index is 0.00000625. The van der Waals surface area contributed by atoms with Crippen LogP contribution in [0.3, 0.4) is 0 Å². The zero-order valence-electron chi connectivity index (χ0n) is 14.9. The average molecular weight is 506 g/mol. The van der Waals surface area contributed by atoms with Gasteiger partial charge in [-0.2, -0.15) is 24.9 Å². The van der Waals surface area contributed by atoms with Gasteiger partial charge in [-0.3, -0.25) is 0 Å². The van der Waals surface area contributed by atoms with Gasteiger partial charge in [-0.25, -0.2) is 9.98 Å². The highest BCUT2D eigenvalue weighted by Gasteiger charge is 2.28. The van der Waals surface area contributed by atoms with Crippen molar-refractivity contribution < 1.29 is 17.9 Å². The van der Waals surface area contributed by atoms with Gasteiger partial charge in [0.2, 0.25) is 5.88 Å².